The zero-order chi connectivity index (χ0) is 81.4. The summed E-state index contributed by atoms with van der Waals surface area (Å²) in [7, 11) is 5.91. The van der Waals surface area contributed by atoms with Gasteiger partial charge < -0.3 is 9.05 Å². The van der Waals surface area contributed by atoms with Crippen molar-refractivity contribution >= 4 is 56.9 Å². The fraction of sp³-hybridized carbons (Fsp3) is 0.566. The van der Waals surface area contributed by atoms with Crippen LogP contribution in [0, 0.1) is 55.4 Å². The van der Waals surface area contributed by atoms with Crippen LogP contribution in [0.3, 0.4) is 0 Å². The van der Waals surface area contributed by atoms with E-state index >= 15 is 0 Å². The van der Waals surface area contributed by atoms with Crippen LogP contribution in [0.1, 0.15) is 347 Å². The fourth-order valence-electron chi connectivity index (χ4n) is 8.67. The van der Waals surface area contributed by atoms with Gasteiger partial charge in [0, 0.05) is 136 Å². The van der Waals surface area contributed by atoms with E-state index in [-0.39, 0.29) is 0 Å². The van der Waals surface area contributed by atoms with Crippen LogP contribution in [0.25, 0.3) is 0 Å². The van der Waals surface area contributed by atoms with Crippen molar-refractivity contribution in [3.05, 3.63) is 205 Å². The van der Waals surface area contributed by atoms with Gasteiger partial charge in [0.15, 0.2) is 0 Å². The van der Waals surface area contributed by atoms with Crippen molar-refractivity contribution in [1.29, 1.82) is 0 Å². The molecule has 0 unspecified atom stereocenters. The molecule has 0 atom stereocenters. The maximum absolute atomic E-state index is 4.98. The molecule has 19 nitrogen and oxygen atoms in total. The lowest BCUT2D eigenvalue weighted by Crippen LogP contribution is -1.99. The maximum Gasteiger partial charge on any atom is 0.139 e. The Morgan fingerprint density at radius 1 is 0.449 bits per heavy atom. The number of aromatic amines is 2. The summed E-state index contributed by atoms with van der Waals surface area (Å²) in [5.41, 5.74) is 15.7. The third-order valence-corrected chi connectivity index (χ3v) is 20.8. The quantitative estimate of drug-likeness (QED) is 0.116. The van der Waals surface area contributed by atoms with Gasteiger partial charge in [-0.3, -0.25) is 29.2 Å². The molecule has 12 aromatic heterocycles. The second-order valence-corrected chi connectivity index (χ2v) is 34.8. The van der Waals surface area contributed by atoms with Gasteiger partial charge in [-0.25, -0.2) is 15.0 Å². The number of nitrogens with one attached hydrogen (secondary N) is 2. The second kappa shape index (κ2) is 51.9. The molecule has 24 heteroatoms. The molecule has 0 amide bonds. The van der Waals surface area contributed by atoms with E-state index in [9.17, 15) is 0 Å². The largest absolute Gasteiger partial charge is 0.361 e. The molecule has 0 saturated heterocycles. The summed E-state index contributed by atoms with van der Waals surface area (Å²) >= 11 is 8.58. The Morgan fingerprint density at radius 3 is 1.22 bits per heavy atom. The summed E-state index contributed by atoms with van der Waals surface area (Å²) in [5, 5.41) is 41.7. The Morgan fingerprint density at radius 2 is 1.02 bits per heavy atom. The van der Waals surface area contributed by atoms with Crippen molar-refractivity contribution < 1.29 is 9.05 Å². The summed E-state index contributed by atoms with van der Waals surface area (Å²) in [4.78, 5) is 20.7. The van der Waals surface area contributed by atoms with Crippen LogP contribution in [0.4, 0.5) is 0 Å². The van der Waals surface area contributed by atoms with Crippen molar-refractivity contribution in [2.24, 2.45) is 21.1 Å². The lowest BCUT2D eigenvalue weighted by molar-refractivity contribution is 0.368. The van der Waals surface area contributed by atoms with Crippen LogP contribution < -0.4 is 0 Å². The van der Waals surface area contributed by atoms with Crippen molar-refractivity contribution in [2.45, 2.75) is 293 Å². The van der Waals surface area contributed by atoms with Crippen LogP contribution in [-0.4, -0.2) is 84.4 Å². The van der Waals surface area contributed by atoms with Gasteiger partial charge in [0.1, 0.15) is 11.5 Å². The van der Waals surface area contributed by atoms with Crippen molar-refractivity contribution in [3.63, 3.8) is 0 Å². The summed E-state index contributed by atoms with van der Waals surface area (Å²) < 4.78 is 19.7. The monoisotopic (exact) mass is 1560 g/mol. The van der Waals surface area contributed by atoms with Crippen molar-refractivity contribution in [1.82, 2.24) is 84.4 Å². The number of aromatic nitrogens is 17. The SMILES string of the molecule is CC(C)c1ccn(C)n1.CC(C)c1cn[nH]c1.CC(C)c1cncs1.CC(C)c1nccs1.Cc1cc(C(C)C)n(C)n1.Cc1cc(C(C)C)n(C)n1.Cc1cc(C(C)C)n[nH]1.Cc1cc(C(C)C)no1.Cc1cc(C(C)C)on1.Cc1cc(C(C)C)sn1.Cc1cnc(C(C)C)s1.Cc1csc(C(C)C)n1. The van der Waals surface area contributed by atoms with Crippen molar-refractivity contribution in [3.8, 4) is 0 Å². The number of aryl methyl sites for hydroxylation is 11. The van der Waals surface area contributed by atoms with E-state index in [0.29, 0.717) is 71.0 Å². The lowest BCUT2D eigenvalue weighted by atomic mass is 10.1. The van der Waals surface area contributed by atoms with E-state index < -0.39 is 0 Å². The highest BCUT2D eigenvalue weighted by atomic mass is 32.1. The third-order valence-electron chi connectivity index (χ3n) is 15.0. The molecular formula is C83H135N17O2S5. The van der Waals surface area contributed by atoms with E-state index in [1.165, 1.54) is 46.6 Å². The first kappa shape index (κ1) is 97.6. The van der Waals surface area contributed by atoms with E-state index in [2.05, 4.69) is 273 Å². The second-order valence-electron chi connectivity index (χ2n) is 30.0. The molecule has 12 aromatic rings. The molecule has 0 aliphatic rings. The van der Waals surface area contributed by atoms with Gasteiger partial charge >= 0.3 is 0 Å². The molecule has 0 aliphatic carbocycles. The molecular weight excluding hydrogens is 1430 g/mol. The molecule has 0 bridgehead atoms. The Balaban J connectivity index is 0.000000584. The zero-order valence-corrected chi connectivity index (χ0v) is 75.8. The Bertz CT molecular complexity index is 3520. The van der Waals surface area contributed by atoms with E-state index in [1.807, 2.05) is 150 Å². The summed E-state index contributed by atoms with van der Waals surface area (Å²) in [5.74, 6) is 8.65. The summed E-state index contributed by atoms with van der Waals surface area (Å²) in [6.07, 6.45) is 11.4. The number of nitrogens with zero attached hydrogens (tertiary/aromatic N) is 15. The predicted molar refractivity (Wildman–Crippen MR) is 457 cm³/mol. The molecule has 12 heterocycles. The first-order valence-corrected chi connectivity index (χ1v) is 41.7. The minimum atomic E-state index is 0.450. The van der Waals surface area contributed by atoms with Crippen LogP contribution >= 0.6 is 56.9 Å². The van der Waals surface area contributed by atoms with Crippen LogP contribution in [0.2, 0.25) is 0 Å². The van der Waals surface area contributed by atoms with Gasteiger partial charge in [-0.1, -0.05) is 176 Å². The minimum Gasteiger partial charge on any atom is -0.361 e. The topological polar surface area (TPSA) is 227 Å². The van der Waals surface area contributed by atoms with Gasteiger partial charge in [0.25, 0.3) is 0 Å². The highest BCUT2D eigenvalue weighted by Gasteiger charge is 2.10. The molecule has 12 rings (SSSR count). The van der Waals surface area contributed by atoms with E-state index in [0.717, 1.165) is 62.8 Å². The van der Waals surface area contributed by atoms with Crippen LogP contribution in [0.15, 0.2) is 105 Å². The molecule has 0 aromatic carbocycles. The van der Waals surface area contributed by atoms with Crippen LogP contribution in [0.5, 0.6) is 0 Å². The maximum atomic E-state index is 4.98. The first-order valence-electron chi connectivity index (χ1n) is 37.5. The average molecular weight is 1560 g/mol. The summed E-state index contributed by atoms with van der Waals surface area (Å²) in [6.45, 7) is 67.6. The number of H-pyrrole nitrogens is 2. The third kappa shape index (κ3) is 41.7. The van der Waals surface area contributed by atoms with Gasteiger partial charge in [-0.2, -0.15) is 29.9 Å². The van der Waals surface area contributed by atoms with Crippen molar-refractivity contribution in [2.75, 3.05) is 0 Å². The normalized spacial score (nSPS) is 10.6. The Kier molecular flexibility index (Phi) is 47.3. The standard InChI is InChI=1S/2C8H14N2.2C7H12N2.2C7H11NO.3C7H11NS.C6H10N2.2C6H9NS/c2*1-6(2)8-5-7(3)9-10(8)4;1-6(2)7-4-5-9(3)8-7;1-5(2)7-4-6(3)8-9-7;1-5(2)7-4-6(3)9-8-7;1-5(2)7-4-6(3)8-9-7;1-5(2)7-8-6(3)4-9-7;1-5(2)7-8-4-6(3)9-7;1-5(2)7-4-6(3)8-9-7;1-5(2)6-3-7-8-4-6;1-5(2)6-3-7-4-8-6;1-5(2)6-7-3-4-8-6/h2*5-6H,1-4H3;4-6H,1-3H3;4-5H,1-3H3,(H,8,9);5*4-5H,1-3H3;3-5H,1-2H3,(H,7,8);2*3-5H,1-2H3. The molecule has 0 radical (unpaired) electrons. The lowest BCUT2D eigenvalue weighted by Gasteiger charge is -2.02. The predicted octanol–water partition coefficient (Wildman–Crippen LogP) is 25.1. The number of thiazole rings is 4. The number of rotatable bonds is 12. The average Bonchev–Trinajstić information content (AvgIpc) is 1.75. The molecule has 0 aliphatic heterocycles. The minimum absolute atomic E-state index is 0.450. The smallest absolute Gasteiger partial charge is 0.139 e. The van der Waals surface area contributed by atoms with E-state index in [4.69, 9.17) is 9.05 Å². The Hall–Kier alpha value is -7.38. The Labute approximate surface area is 664 Å². The number of hydrogen-bond acceptors (Lipinski definition) is 19. The van der Waals surface area contributed by atoms with Gasteiger partial charge in [-0.05, 0) is 150 Å². The van der Waals surface area contributed by atoms with Gasteiger partial charge in [-0.15, -0.1) is 45.3 Å². The van der Waals surface area contributed by atoms with E-state index in [1.54, 1.807) is 56.9 Å². The molecule has 107 heavy (non-hydrogen) atoms. The first-order chi connectivity index (χ1) is 50.0. The molecule has 2 N–H and O–H groups in total. The highest BCUT2D eigenvalue weighted by Crippen LogP contribution is 2.23. The number of hydrogen-bond donors (Lipinski definition) is 2. The molecule has 594 valence electrons. The van der Waals surface area contributed by atoms with Gasteiger partial charge in [0.2, 0.25) is 0 Å². The van der Waals surface area contributed by atoms with Gasteiger partial charge in [0.05, 0.1) is 66.6 Å². The highest BCUT2D eigenvalue weighted by molar-refractivity contribution is 7.11. The summed E-state index contributed by atoms with van der Waals surface area (Å²) in [6, 6.07) is 14.5. The van der Waals surface area contributed by atoms with Crippen LogP contribution in [-0.2, 0) is 21.1 Å². The fourth-order valence-corrected chi connectivity index (χ4v) is 12.3. The molecule has 0 fully saturated rings. The zero-order valence-electron chi connectivity index (χ0n) is 71.7. The molecule has 0 spiro atoms. The molecule has 0 saturated carbocycles.